The van der Waals surface area contributed by atoms with E-state index >= 15 is 0 Å². The van der Waals surface area contributed by atoms with E-state index < -0.39 is 11.7 Å². The molecule has 1 aliphatic heterocycles. The first kappa shape index (κ1) is 14.6. The third kappa shape index (κ3) is 2.70. The van der Waals surface area contributed by atoms with Crippen molar-refractivity contribution in [2.45, 2.75) is 19.9 Å². The van der Waals surface area contributed by atoms with E-state index in [1.807, 2.05) is 4.90 Å². The van der Waals surface area contributed by atoms with Crippen LogP contribution in [0.5, 0.6) is 0 Å². The van der Waals surface area contributed by atoms with Gasteiger partial charge in [0.2, 0.25) is 0 Å². The maximum atomic E-state index is 14.1. The van der Waals surface area contributed by atoms with E-state index in [4.69, 9.17) is 11.5 Å². The van der Waals surface area contributed by atoms with Crippen molar-refractivity contribution < 1.29 is 9.18 Å². The lowest BCUT2D eigenvalue weighted by Gasteiger charge is -2.40. The van der Waals surface area contributed by atoms with Crippen LogP contribution in [0.3, 0.4) is 0 Å². The number of nitrogens with two attached hydrogens (primary N) is 2. The van der Waals surface area contributed by atoms with Crippen LogP contribution in [0, 0.1) is 5.82 Å². The van der Waals surface area contributed by atoms with Crippen molar-refractivity contribution in [1.29, 1.82) is 0 Å². The second-order valence-electron chi connectivity index (χ2n) is 5.18. The molecule has 1 fully saturated rings. The Morgan fingerprint density at radius 3 is 2.70 bits per heavy atom. The number of primary amides is 1. The fraction of sp³-hybridized carbons (Fsp3) is 0.500. The van der Waals surface area contributed by atoms with E-state index in [0.29, 0.717) is 18.3 Å². The molecule has 1 aliphatic rings. The SMILES string of the molecule is CCN1CCN(c2cc(C(N)=O)c(N)cc2F)CC1C. The smallest absolute Gasteiger partial charge is 0.250 e. The van der Waals surface area contributed by atoms with Crippen molar-refractivity contribution in [1.82, 2.24) is 4.90 Å². The number of hydrogen-bond acceptors (Lipinski definition) is 4. The number of amides is 1. The number of likely N-dealkylation sites (N-methyl/N-ethyl adjacent to an activating group) is 1. The third-order valence-electron chi connectivity index (χ3n) is 3.90. The van der Waals surface area contributed by atoms with Crippen LogP contribution in [0.4, 0.5) is 15.8 Å². The predicted molar refractivity (Wildman–Crippen MR) is 78.3 cm³/mol. The number of rotatable bonds is 3. The van der Waals surface area contributed by atoms with Gasteiger partial charge in [0.25, 0.3) is 5.91 Å². The highest BCUT2D eigenvalue weighted by atomic mass is 19.1. The lowest BCUT2D eigenvalue weighted by Crippen LogP contribution is -2.52. The highest BCUT2D eigenvalue weighted by Crippen LogP contribution is 2.27. The van der Waals surface area contributed by atoms with E-state index in [1.165, 1.54) is 12.1 Å². The second-order valence-corrected chi connectivity index (χ2v) is 5.18. The number of nitrogens with zero attached hydrogens (tertiary/aromatic N) is 2. The Labute approximate surface area is 118 Å². The summed E-state index contributed by atoms with van der Waals surface area (Å²) in [5, 5.41) is 0. The number of halogens is 1. The molecule has 1 heterocycles. The lowest BCUT2D eigenvalue weighted by molar-refractivity contribution is 0.100. The number of hydrogen-bond donors (Lipinski definition) is 2. The highest BCUT2D eigenvalue weighted by Gasteiger charge is 2.25. The quantitative estimate of drug-likeness (QED) is 0.811. The van der Waals surface area contributed by atoms with Crippen LogP contribution in [0.1, 0.15) is 24.2 Å². The van der Waals surface area contributed by atoms with Gasteiger partial charge in [-0.05, 0) is 25.6 Å². The molecule has 1 aromatic carbocycles. The molecule has 1 unspecified atom stereocenters. The Morgan fingerprint density at radius 2 is 2.15 bits per heavy atom. The van der Waals surface area contributed by atoms with Gasteiger partial charge in [-0.2, -0.15) is 0 Å². The van der Waals surface area contributed by atoms with Crippen molar-refractivity contribution in [3.63, 3.8) is 0 Å². The van der Waals surface area contributed by atoms with Crippen LogP contribution < -0.4 is 16.4 Å². The van der Waals surface area contributed by atoms with Crippen molar-refractivity contribution >= 4 is 17.3 Å². The van der Waals surface area contributed by atoms with Crippen molar-refractivity contribution in [2.75, 3.05) is 36.8 Å². The molecule has 1 aromatic rings. The fourth-order valence-corrected chi connectivity index (χ4v) is 2.72. The Bertz CT molecular complexity index is 520. The Kier molecular flexibility index (Phi) is 4.13. The van der Waals surface area contributed by atoms with Crippen LogP contribution in [0.15, 0.2) is 12.1 Å². The number of anilines is 2. The molecule has 20 heavy (non-hydrogen) atoms. The zero-order chi connectivity index (χ0) is 14.9. The monoisotopic (exact) mass is 280 g/mol. The molecule has 0 radical (unpaired) electrons. The minimum absolute atomic E-state index is 0.0824. The number of piperazine rings is 1. The van der Waals surface area contributed by atoms with Gasteiger partial charge in [-0.3, -0.25) is 9.69 Å². The zero-order valence-corrected chi connectivity index (χ0v) is 11.9. The molecule has 1 saturated heterocycles. The number of benzene rings is 1. The van der Waals surface area contributed by atoms with Gasteiger partial charge in [0.05, 0.1) is 11.3 Å². The first-order chi connectivity index (χ1) is 9.43. The molecule has 0 aromatic heterocycles. The summed E-state index contributed by atoms with van der Waals surface area (Å²) in [6, 6.07) is 2.97. The molecule has 0 aliphatic carbocycles. The first-order valence-corrected chi connectivity index (χ1v) is 6.81. The standard InChI is InChI=1S/C14H21FN4O/c1-3-18-4-5-19(8-9(18)2)13-6-10(14(17)20)12(16)7-11(13)15/h6-7,9H,3-5,8,16H2,1-2H3,(H2,17,20). The Morgan fingerprint density at radius 1 is 1.45 bits per heavy atom. The maximum absolute atomic E-state index is 14.1. The van der Waals surface area contributed by atoms with Crippen molar-refractivity contribution in [2.24, 2.45) is 5.73 Å². The second kappa shape index (κ2) is 5.66. The molecule has 5 nitrogen and oxygen atoms in total. The summed E-state index contributed by atoms with van der Waals surface area (Å²) in [5.74, 6) is -1.05. The molecular formula is C14H21FN4O. The maximum Gasteiger partial charge on any atom is 0.250 e. The molecule has 0 saturated carbocycles. The molecule has 110 valence electrons. The molecule has 1 atom stereocenters. The van der Waals surface area contributed by atoms with E-state index in [0.717, 1.165) is 19.6 Å². The third-order valence-corrected chi connectivity index (χ3v) is 3.90. The summed E-state index contributed by atoms with van der Waals surface area (Å²) >= 11 is 0. The minimum Gasteiger partial charge on any atom is -0.398 e. The molecule has 4 N–H and O–H groups in total. The van der Waals surface area contributed by atoms with Gasteiger partial charge in [0, 0.05) is 31.4 Å². The average Bonchev–Trinajstić information content (AvgIpc) is 2.38. The van der Waals surface area contributed by atoms with Gasteiger partial charge in [-0.15, -0.1) is 0 Å². The molecular weight excluding hydrogens is 259 g/mol. The minimum atomic E-state index is -0.635. The van der Waals surface area contributed by atoms with Gasteiger partial charge >= 0.3 is 0 Å². The molecule has 0 spiro atoms. The van der Waals surface area contributed by atoms with Crippen LogP contribution in [-0.2, 0) is 0 Å². The average molecular weight is 280 g/mol. The molecule has 2 rings (SSSR count). The van der Waals surface area contributed by atoms with Crippen LogP contribution in [-0.4, -0.2) is 43.0 Å². The summed E-state index contributed by atoms with van der Waals surface area (Å²) in [6.07, 6.45) is 0. The zero-order valence-electron chi connectivity index (χ0n) is 11.9. The molecule has 0 bridgehead atoms. The number of carbonyl (C=O) groups excluding carboxylic acids is 1. The van der Waals surface area contributed by atoms with Crippen LogP contribution >= 0.6 is 0 Å². The summed E-state index contributed by atoms with van der Waals surface area (Å²) in [5.41, 5.74) is 11.5. The van der Waals surface area contributed by atoms with E-state index in [9.17, 15) is 9.18 Å². The predicted octanol–water partition coefficient (Wildman–Crippen LogP) is 1.04. The molecule has 1 amide bonds. The van der Waals surface area contributed by atoms with Crippen LogP contribution in [0.2, 0.25) is 0 Å². The van der Waals surface area contributed by atoms with E-state index in [-0.39, 0.29) is 11.3 Å². The topological polar surface area (TPSA) is 75.6 Å². The molecule has 6 heteroatoms. The van der Waals surface area contributed by atoms with Gasteiger partial charge in [-0.1, -0.05) is 6.92 Å². The normalized spacial score (nSPS) is 20.1. The lowest BCUT2D eigenvalue weighted by atomic mass is 10.1. The number of nitrogen functional groups attached to an aromatic ring is 1. The highest BCUT2D eigenvalue weighted by molar-refractivity contribution is 5.99. The van der Waals surface area contributed by atoms with Crippen molar-refractivity contribution in [3.8, 4) is 0 Å². The number of carbonyl (C=O) groups is 1. The summed E-state index contributed by atoms with van der Waals surface area (Å²) in [4.78, 5) is 15.6. The van der Waals surface area contributed by atoms with Gasteiger partial charge in [-0.25, -0.2) is 4.39 Å². The van der Waals surface area contributed by atoms with E-state index in [2.05, 4.69) is 18.7 Å². The summed E-state index contributed by atoms with van der Waals surface area (Å²) in [6.45, 7) is 7.50. The summed E-state index contributed by atoms with van der Waals surface area (Å²) in [7, 11) is 0. The van der Waals surface area contributed by atoms with Gasteiger partial charge in [0.1, 0.15) is 5.82 Å². The van der Waals surface area contributed by atoms with Gasteiger partial charge in [0.15, 0.2) is 0 Å². The fourth-order valence-electron chi connectivity index (χ4n) is 2.72. The Balaban J connectivity index is 2.29. The Hall–Kier alpha value is -1.82. The van der Waals surface area contributed by atoms with Crippen molar-refractivity contribution in [3.05, 3.63) is 23.5 Å². The summed E-state index contributed by atoms with van der Waals surface area (Å²) < 4.78 is 14.1. The first-order valence-electron chi connectivity index (χ1n) is 6.81. The van der Waals surface area contributed by atoms with E-state index in [1.54, 1.807) is 0 Å². The van der Waals surface area contributed by atoms with Gasteiger partial charge < -0.3 is 16.4 Å². The largest absolute Gasteiger partial charge is 0.398 e. The van der Waals surface area contributed by atoms with Crippen LogP contribution in [0.25, 0.3) is 0 Å².